The number of methoxy groups -OCH3 is 1. The molecule has 1 N–H and O–H groups in total. The molecule has 0 radical (unpaired) electrons. The molecule has 16 heavy (non-hydrogen) atoms. The van der Waals surface area contributed by atoms with Crippen LogP contribution in [0.5, 0.6) is 0 Å². The highest BCUT2D eigenvalue weighted by atomic mass is 19.2. The molecule has 0 saturated heterocycles. The highest BCUT2D eigenvalue weighted by Gasteiger charge is 2.32. The van der Waals surface area contributed by atoms with Crippen molar-refractivity contribution in [3.8, 4) is 0 Å². The van der Waals surface area contributed by atoms with Gasteiger partial charge in [0.15, 0.2) is 17.5 Å². The molecular formula is C11H13F3O2. The van der Waals surface area contributed by atoms with Crippen molar-refractivity contribution in [1.82, 2.24) is 0 Å². The summed E-state index contributed by atoms with van der Waals surface area (Å²) in [6.07, 6.45) is 0.128. The lowest BCUT2D eigenvalue weighted by molar-refractivity contribution is -0.0414. The zero-order valence-corrected chi connectivity index (χ0v) is 9.06. The first-order chi connectivity index (χ1) is 7.46. The molecule has 0 saturated carbocycles. The minimum Gasteiger partial charge on any atom is -0.383 e. The Kier molecular flexibility index (Phi) is 3.93. The molecule has 5 heteroatoms. The van der Waals surface area contributed by atoms with Crippen molar-refractivity contribution in [1.29, 1.82) is 0 Å². The van der Waals surface area contributed by atoms with Crippen molar-refractivity contribution in [3.63, 3.8) is 0 Å². The lowest BCUT2D eigenvalue weighted by atomic mass is 9.91. The lowest BCUT2D eigenvalue weighted by Gasteiger charge is -2.26. The Balaban J connectivity index is 3.26. The molecule has 0 fully saturated rings. The summed E-state index contributed by atoms with van der Waals surface area (Å²) in [7, 11) is 1.33. The molecule has 0 aromatic heterocycles. The van der Waals surface area contributed by atoms with E-state index in [1.165, 1.54) is 7.11 Å². The Morgan fingerprint density at radius 1 is 1.25 bits per heavy atom. The van der Waals surface area contributed by atoms with Crippen LogP contribution in [0.3, 0.4) is 0 Å². The molecule has 1 aromatic carbocycles. The van der Waals surface area contributed by atoms with E-state index < -0.39 is 23.1 Å². The largest absolute Gasteiger partial charge is 0.383 e. The number of ether oxygens (including phenoxy) is 1. The summed E-state index contributed by atoms with van der Waals surface area (Å²) in [5.74, 6) is -4.24. The molecule has 0 aliphatic rings. The van der Waals surface area contributed by atoms with E-state index >= 15 is 0 Å². The van der Waals surface area contributed by atoms with Gasteiger partial charge in [0.25, 0.3) is 0 Å². The first kappa shape index (κ1) is 13.0. The van der Waals surface area contributed by atoms with Gasteiger partial charge in [-0.25, -0.2) is 13.2 Å². The second-order valence-electron chi connectivity index (χ2n) is 3.54. The number of hydrogen-bond acceptors (Lipinski definition) is 2. The Bertz CT molecular complexity index is 382. The normalized spacial score (nSPS) is 14.9. The second-order valence-corrected chi connectivity index (χ2v) is 3.54. The number of aliphatic hydroxyl groups is 1. The molecule has 0 amide bonds. The third-order valence-electron chi connectivity index (χ3n) is 2.50. The van der Waals surface area contributed by atoms with Crippen LogP contribution in [0.25, 0.3) is 0 Å². The topological polar surface area (TPSA) is 29.5 Å². The fourth-order valence-corrected chi connectivity index (χ4v) is 1.49. The average Bonchev–Trinajstić information content (AvgIpc) is 2.26. The van der Waals surface area contributed by atoms with Crippen LogP contribution < -0.4 is 0 Å². The van der Waals surface area contributed by atoms with Crippen LogP contribution in [0.4, 0.5) is 13.2 Å². The van der Waals surface area contributed by atoms with Gasteiger partial charge in [0, 0.05) is 12.7 Å². The fourth-order valence-electron chi connectivity index (χ4n) is 1.49. The Labute approximate surface area is 91.7 Å². The number of benzene rings is 1. The van der Waals surface area contributed by atoms with Crippen LogP contribution in [0, 0.1) is 17.5 Å². The van der Waals surface area contributed by atoms with Gasteiger partial charge >= 0.3 is 0 Å². The first-order valence-corrected chi connectivity index (χ1v) is 4.81. The van der Waals surface area contributed by atoms with Gasteiger partial charge in [-0.3, -0.25) is 0 Å². The maximum absolute atomic E-state index is 13.4. The van der Waals surface area contributed by atoms with Gasteiger partial charge in [-0.05, 0) is 18.6 Å². The highest BCUT2D eigenvalue weighted by Crippen LogP contribution is 2.29. The van der Waals surface area contributed by atoms with E-state index in [0.717, 1.165) is 12.1 Å². The van der Waals surface area contributed by atoms with Gasteiger partial charge in [-0.2, -0.15) is 0 Å². The van der Waals surface area contributed by atoms with Gasteiger partial charge in [-0.15, -0.1) is 0 Å². The van der Waals surface area contributed by atoms with Gasteiger partial charge in [0.05, 0.1) is 6.61 Å². The third kappa shape index (κ3) is 2.20. The molecule has 1 atom stereocenters. The molecule has 1 rings (SSSR count). The van der Waals surface area contributed by atoms with Crippen molar-refractivity contribution in [2.45, 2.75) is 18.9 Å². The van der Waals surface area contributed by atoms with Crippen LogP contribution in [0.15, 0.2) is 12.1 Å². The van der Waals surface area contributed by atoms with Crippen LogP contribution in [-0.4, -0.2) is 18.8 Å². The Morgan fingerprint density at radius 2 is 1.88 bits per heavy atom. The van der Waals surface area contributed by atoms with E-state index in [2.05, 4.69) is 0 Å². The van der Waals surface area contributed by atoms with E-state index in [1.807, 2.05) is 0 Å². The molecular weight excluding hydrogens is 221 g/mol. The standard InChI is InChI=1S/C11H13F3O2/c1-3-11(15,6-16-2)7-4-5-8(12)10(14)9(7)13/h4-5,15H,3,6H2,1-2H3. The van der Waals surface area contributed by atoms with Crippen molar-refractivity contribution in [3.05, 3.63) is 35.1 Å². The molecule has 0 heterocycles. The van der Waals surface area contributed by atoms with E-state index in [0.29, 0.717) is 0 Å². The molecule has 1 aromatic rings. The van der Waals surface area contributed by atoms with Crippen LogP contribution in [0.2, 0.25) is 0 Å². The van der Waals surface area contributed by atoms with Crippen molar-refractivity contribution >= 4 is 0 Å². The smallest absolute Gasteiger partial charge is 0.194 e. The zero-order valence-electron chi connectivity index (χ0n) is 9.06. The summed E-state index contributed by atoms with van der Waals surface area (Å²) in [6, 6.07) is 1.81. The molecule has 90 valence electrons. The van der Waals surface area contributed by atoms with E-state index in [-0.39, 0.29) is 18.6 Å². The number of rotatable bonds is 4. The van der Waals surface area contributed by atoms with Gasteiger partial charge < -0.3 is 9.84 Å². The van der Waals surface area contributed by atoms with Crippen molar-refractivity contribution < 1.29 is 23.0 Å². The number of halogens is 3. The van der Waals surface area contributed by atoms with Crippen LogP contribution >= 0.6 is 0 Å². The summed E-state index contributed by atoms with van der Waals surface area (Å²) in [6.45, 7) is 1.41. The second kappa shape index (κ2) is 4.84. The van der Waals surface area contributed by atoms with Gasteiger partial charge in [-0.1, -0.05) is 6.92 Å². The maximum atomic E-state index is 13.4. The molecule has 0 bridgehead atoms. The summed E-state index contributed by atoms with van der Waals surface area (Å²) in [5, 5.41) is 10.0. The van der Waals surface area contributed by atoms with E-state index in [1.54, 1.807) is 6.92 Å². The summed E-state index contributed by atoms with van der Waals surface area (Å²) in [5.41, 5.74) is -1.94. The maximum Gasteiger partial charge on any atom is 0.194 e. The molecule has 0 spiro atoms. The molecule has 2 nitrogen and oxygen atoms in total. The van der Waals surface area contributed by atoms with Gasteiger partial charge in [0.1, 0.15) is 5.60 Å². The molecule has 0 aliphatic carbocycles. The monoisotopic (exact) mass is 234 g/mol. The minimum atomic E-state index is -1.65. The zero-order chi connectivity index (χ0) is 12.3. The van der Waals surface area contributed by atoms with Crippen LogP contribution in [0.1, 0.15) is 18.9 Å². The number of hydrogen-bond donors (Lipinski definition) is 1. The average molecular weight is 234 g/mol. The summed E-state index contributed by atoms with van der Waals surface area (Å²) in [4.78, 5) is 0. The quantitative estimate of drug-likeness (QED) is 0.810. The predicted molar refractivity (Wildman–Crippen MR) is 52.4 cm³/mol. The van der Waals surface area contributed by atoms with Crippen LogP contribution in [-0.2, 0) is 10.3 Å². The van der Waals surface area contributed by atoms with E-state index in [4.69, 9.17) is 4.74 Å². The lowest BCUT2D eigenvalue weighted by Crippen LogP contribution is -2.32. The minimum absolute atomic E-state index is 0.128. The van der Waals surface area contributed by atoms with Gasteiger partial charge in [0.2, 0.25) is 0 Å². The summed E-state index contributed by atoms with van der Waals surface area (Å²) >= 11 is 0. The fraction of sp³-hybridized carbons (Fsp3) is 0.455. The third-order valence-corrected chi connectivity index (χ3v) is 2.50. The molecule has 0 aliphatic heterocycles. The Hall–Kier alpha value is -1.07. The highest BCUT2D eigenvalue weighted by molar-refractivity contribution is 5.26. The van der Waals surface area contributed by atoms with Crippen molar-refractivity contribution in [2.24, 2.45) is 0 Å². The molecule has 1 unspecified atom stereocenters. The predicted octanol–water partition coefficient (Wildman–Crippen LogP) is 2.35. The SMILES string of the molecule is CCC(O)(COC)c1ccc(F)c(F)c1F. The summed E-state index contributed by atoms with van der Waals surface area (Å²) < 4.78 is 43.9. The Morgan fingerprint density at radius 3 is 2.38 bits per heavy atom. The van der Waals surface area contributed by atoms with Crippen molar-refractivity contribution in [2.75, 3.05) is 13.7 Å². The van der Waals surface area contributed by atoms with E-state index in [9.17, 15) is 18.3 Å². The first-order valence-electron chi connectivity index (χ1n) is 4.81.